The van der Waals surface area contributed by atoms with E-state index in [0.29, 0.717) is 32.6 Å². The van der Waals surface area contributed by atoms with E-state index in [0.717, 1.165) is 12.1 Å². The molecule has 1 unspecified atom stereocenters. The standard InChI is InChI=1S/C25H20Cl2F3N3O2/c1-14(15-6-10-17(11-7-15)25(28,29)30)31-24(35)21-23(34)22(16-8-12-18(26)13-9-16)33(32-21)20-5-3-2-4-19(20)27/h2-14,21,32,34H,1H3,(H,31,35)/t14-,21?/m1/s1. The highest BCUT2D eigenvalue weighted by atomic mass is 35.5. The Balaban J connectivity index is 1.62. The summed E-state index contributed by atoms with van der Waals surface area (Å²) in [4.78, 5) is 13.1. The van der Waals surface area contributed by atoms with E-state index in [9.17, 15) is 23.1 Å². The second-order valence-corrected chi connectivity index (χ2v) is 8.78. The minimum Gasteiger partial charge on any atom is -0.508 e. The second-order valence-electron chi connectivity index (χ2n) is 7.94. The SMILES string of the molecule is C[C@@H](NC(=O)C1NN(c2ccccc2Cl)C(c2ccc(Cl)cc2)=C1O)c1ccc(C(F)(F)F)cc1. The van der Waals surface area contributed by atoms with Crippen molar-refractivity contribution in [2.45, 2.75) is 25.2 Å². The number of para-hydroxylation sites is 1. The van der Waals surface area contributed by atoms with Crippen LogP contribution >= 0.6 is 23.2 Å². The first-order valence-corrected chi connectivity index (χ1v) is 11.3. The number of hydrogen-bond donors (Lipinski definition) is 3. The van der Waals surface area contributed by atoms with Crippen molar-refractivity contribution in [1.29, 1.82) is 0 Å². The Morgan fingerprint density at radius 3 is 2.26 bits per heavy atom. The summed E-state index contributed by atoms with van der Waals surface area (Å²) in [6, 6.07) is 16.4. The van der Waals surface area contributed by atoms with E-state index in [-0.39, 0.29) is 5.76 Å². The van der Waals surface area contributed by atoms with Crippen molar-refractivity contribution < 1.29 is 23.1 Å². The normalized spacial score (nSPS) is 17.0. The van der Waals surface area contributed by atoms with Crippen LogP contribution in [0.2, 0.25) is 10.0 Å². The molecule has 1 amide bonds. The van der Waals surface area contributed by atoms with Gasteiger partial charge in [-0.3, -0.25) is 9.80 Å². The third kappa shape index (κ3) is 5.24. The first-order valence-electron chi connectivity index (χ1n) is 10.5. The number of rotatable bonds is 5. The number of aliphatic hydroxyl groups excluding tert-OH is 1. The molecule has 3 aromatic carbocycles. The molecular formula is C25H20Cl2F3N3O2. The zero-order valence-electron chi connectivity index (χ0n) is 18.3. The maximum atomic E-state index is 13.1. The van der Waals surface area contributed by atoms with Crippen LogP contribution in [0.3, 0.4) is 0 Å². The lowest BCUT2D eigenvalue weighted by atomic mass is 10.0. The molecule has 0 saturated carbocycles. The second kappa shape index (κ2) is 9.81. The lowest BCUT2D eigenvalue weighted by Crippen LogP contribution is -2.47. The summed E-state index contributed by atoms with van der Waals surface area (Å²) in [5.41, 5.74) is 4.10. The van der Waals surface area contributed by atoms with Gasteiger partial charge in [-0.2, -0.15) is 13.2 Å². The lowest BCUT2D eigenvalue weighted by Gasteiger charge is -2.24. The van der Waals surface area contributed by atoms with Crippen LogP contribution < -0.4 is 15.8 Å². The Morgan fingerprint density at radius 2 is 1.66 bits per heavy atom. The van der Waals surface area contributed by atoms with Gasteiger partial charge in [0.25, 0.3) is 0 Å². The molecule has 1 aliphatic heterocycles. The number of anilines is 1. The number of carbonyl (C=O) groups is 1. The average molecular weight is 522 g/mol. The molecule has 0 aromatic heterocycles. The van der Waals surface area contributed by atoms with Crippen molar-refractivity contribution in [3.05, 3.63) is 105 Å². The smallest absolute Gasteiger partial charge is 0.416 e. The van der Waals surface area contributed by atoms with Gasteiger partial charge >= 0.3 is 6.18 Å². The zero-order chi connectivity index (χ0) is 25.3. The van der Waals surface area contributed by atoms with E-state index in [2.05, 4.69) is 10.7 Å². The van der Waals surface area contributed by atoms with Gasteiger partial charge in [-0.1, -0.05) is 59.6 Å². The van der Waals surface area contributed by atoms with Gasteiger partial charge in [-0.05, 0) is 48.9 Å². The average Bonchev–Trinajstić information content (AvgIpc) is 3.16. The lowest BCUT2D eigenvalue weighted by molar-refractivity contribution is -0.137. The highest BCUT2D eigenvalue weighted by molar-refractivity contribution is 6.33. The number of hydrazine groups is 1. The number of halogens is 5. The number of nitrogens with one attached hydrogen (secondary N) is 2. The fourth-order valence-electron chi connectivity index (χ4n) is 3.74. The van der Waals surface area contributed by atoms with Crippen LogP contribution in [0.1, 0.15) is 29.7 Å². The number of hydrogen-bond acceptors (Lipinski definition) is 4. The van der Waals surface area contributed by atoms with Crippen LogP contribution in [-0.2, 0) is 11.0 Å². The van der Waals surface area contributed by atoms with Crippen LogP contribution in [0, 0.1) is 0 Å². The van der Waals surface area contributed by atoms with Crippen molar-refractivity contribution in [2.24, 2.45) is 0 Å². The molecule has 3 aromatic rings. The third-order valence-corrected chi connectivity index (χ3v) is 6.14. The van der Waals surface area contributed by atoms with E-state index < -0.39 is 29.7 Å². The molecule has 0 fully saturated rings. The minimum atomic E-state index is -4.45. The maximum Gasteiger partial charge on any atom is 0.416 e. The van der Waals surface area contributed by atoms with Gasteiger partial charge in [-0.15, -0.1) is 0 Å². The molecular weight excluding hydrogens is 502 g/mol. The largest absolute Gasteiger partial charge is 0.508 e. The van der Waals surface area contributed by atoms with Crippen molar-refractivity contribution in [3.63, 3.8) is 0 Å². The van der Waals surface area contributed by atoms with E-state index in [1.165, 1.54) is 17.1 Å². The summed E-state index contributed by atoms with van der Waals surface area (Å²) < 4.78 is 38.5. The zero-order valence-corrected chi connectivity index (χ0v) is 19.8. The molecule has 5 nitrogen and oxygen atoms in total. The predicted molar refractivity (Wildman–Crippen MR) is 130 cm³/mol. The van der Waals surface area contributed by atoms with Gasteiger partial charge in [0, 0.05) is 10.6 Å². The monoisotopic (exact) mass is 521 g/mol. The number of carbonyl (C=O) groups excluding carboxylic acids is 1. The van der Waals surface area contributed by atoms with E-state index in [4.69, 9.17) is 23.2 Å². The summed E-state index contributed by atoms with van der Waals surface area (Å²) in [6.45, 7) is 1.64. The molecule has 1 heterocycles. The number of benzene rings is 3. The van der Waals surface area contributed by atoms with Crippen LogP contribution in [0.4, 0.5) is 18.9 Å². The summed E-state index contributed by atoms with van der Waals surface area (Å²) in [5.74, 6) is -0.819. The molecule has 0 spiro atoms. The van der Waals surface area contributed by atoms with Gasteiger partial charge in [0.1, 0.15) is 11.5 Å². The van der Waals surface area contributed by atoms with E-state index in [1.807, 2.05) is 0 Å². The molecule has 0 aliphatic carbocycles. The number of amides is 1. The molecule has 4 rings (SSSR count). The summed E-state index contributed by atoms with van der Waals surface area (Å²) in [7, 11) is 0. The van der Waals surface area contributed by atoms with Crippen molar-refractivity contribution in [1.82, 2.24) is 10.7 Å². The van der Waals surface area contributed by atoms with Crippen molar-refractivity contribution in [2.75, 3.05) is 5.01 Å². The van der Waals surface area contributed by atoms with Crippen molar-refractivity contribution in [3.8, 4) is 0 Å². The fraction of sp³-hybridized carbons (Fsp3) is 0.160. The number of nitrogens with zero attached hydrogens (tertiary/aromatic N) is 1. The quantitative estimate of drug-likeness (QED) is 0.358. The summed E-state index contributed by atoms with van der Waals surface area (Å²) in [5, 5.41) is 16.2. The highest BCUT2D eigenvalue weighted by Crippen LogP contribution is 2.37. The van der Waals surface area contributed by atoms with E-state index >= 15 is 0 Å². The molecule has 35 heavy (non-hydrogen) atoms. The minimum absolute atomic E-state index is 0.246. The number of alkyl halides is 3. The van der Waals surface area contributed by atoms with Gasteiger partial charge in [-0.25, -0.2) is 5.43 Å². The van der Waals surface area contributed by atoms with Crippen LogP contribution in [0.5, 0.6) is 0 Å². The Bertz CT molecular complexity index is 1260. The maximum absolute atomic E-state index is 13.1. The van der Waals surface area contributed by atoms with Crippen LogP contribution in [0.25, 0.3) is 5.70 Å². The third-order valence-electron chi connectivity index (χ3n) is 5.57. The van der Waals surface area contributed by atoms with E-state index in [1.54, 1.807) is 55.5 Å². The van der Waals surface area contributed by atoms with Gasteiger partial charge in [0.15, 0.2) is 6.04 Å². The van der Waals surface area contributed by atoms with Crippen molar-refractivity contribution >= 4 is 40.5 Å². The Hall–Kier alpha value is -3.20. The first kappa shape index (κ1) is 24.9. The van der Waals surface area contributed by atoms with Crippen LogP contribution in [0.15, 0.2) is 78.6 Å². The molecule has 0 bridgehead atoms. The first-order chi connectivity index (χ1) is 16.6. The molecule has 1 aliphatic rings. The Morgan fingerprint density at radius 1 is 1.03 bits per heavy atom. The molecule has 0 saturated heterocycles. The topological polar surface area (TPSA) is 64.6 Å². The highest BCUT2D eigenvalue weighted by Gasteiger charge is 2.38. The molecule has 0 radical (unpaired) electrons. The van der Waals surface area contributed by atoms with Crippen LogP contribution in [-0.4, -0.2) is 17.1 Å². The molecule has 2 atom stereocenters. The molecule has 182 valence electrons. The van der Waals surface area contributed by atoms with Gasteiger partial charge in [0.05, 0.1) is 22.3 Å². The van der Waals surface area contributed by atoms with Gasteiger partial charge in [0.2, 0.25) is 5.91 Å². The Kier molecular flexibility index (Phi) is 6.98. The fourth-order valence-corrected chi connectivity index (χ4v) is 4.08. The molecule has 10 heteroatoms. The summed E-state index contributed by atoms with van der Waals surface area (Å²) >= 11 is 12.4. The van der Waals surface area contributed by atoms with Gasteiger partial charge < -0.3 is 10.4 Å². The number of aliphatic hydroxyl groups is 1. The summed E-state index contributed by atoms with van der Waals surface area (Å²) in [6.07, 6.45) is -4.45. The Labute approximate surface area is 209 Å². The molecule has 3 N–H and O–H groups in total. The predicted octanol–water partition coefficient (Wildman–Crippen LogP) is 6.51.